The maximum absolute atomic E-state index is 10.9. The normalized spacial score (nSPS) is 10.3. The molecule has 0 rings (SSSR count). The molecule has 0 N–H and O–H groups in total. The third-order valence-corrected chi connectivity index (χ3v) is 2.58. The molecule has 0 aliphatic carbocycles. The third kappa shape index (κ3) is 5.87. The van der Waals surface area contributed by atoms with Crippen molar-refractivity contribution in [3.05, 3.63) is 12.2 Å². The summed E-state index contributed by atoms with van der Waals surface area (Å²) < 4.78 is 19.7. The molecule has 0 fully saturated rings. The Bertz CT molecular complexity index is 190. The van der Waals surface area contributed by atoms with Crippen LogP contribution in [0.3, 0.4) is 0 Å². The summed E-state index contributed by atoms with van der Waals surface area (Å²) in [6, 6.07) is 0. The quantitative estimate of drug-likeness (QED) is 0.264. The SMILES string of the molecule is C=C(C)C(=O)OCCO[SiH](OC)OC. The molecule has 0 amide bonds. The number of carbonyl (C=O) groups excluding carboxylic acids is 1. The lowest BCUT2D eigenvalue weighted by Crippen LogP contribution is -2.26. The van der Waals surface area contributed by atoms with E-state index in [0.717, 1.165) is 0 Å². The molecule has 0 spiro atoms. The maximum atomic E-state index is 10.9. The highest BCUT2D eigenvalue weighted by atomic mass is 28.3. The highest BCUT2D eigenvalue weighted by Gasteiger charge is 2.10. The van der Waals surface area contributed by atoms with E-state index < -0.39 is 15.5 Å². The average Bonchev–Trinajstić information content (AvgIpc) is 2.17. The molecule has 0 atom stereocenters. The number of ether oxygens (including phenoxy) is 1. The summed E-state index contributed by atoms with van der Waals surface area (Å²) in [6.45, 7) is 5.49. The van der Waals surface area contributed by atoms with Crippen molar-refractivity contribution in [3.63, 3.8) is 0 Å². The number of rotatable bonds is 7. The van der Waals surface area contributed by atoms with Crippen molar-refractivity contribution in [1.82, 2.24) is 0 Å². The van der Waals surface area contributed by atoms with Gasteiger partial charge in [0.2, 0.25) is 0 Å². The van der Waals surface area contributed by atoms with Gasteiger partial charge in [0.05, 0.1) is 6.61 Å². The molecule has 0 aliphatic heterocycles. The summed E-state index contributed by atoms with van der Waals surface area (Å²) in [6.07, 6.45) is 0. The Morgan fingerprint density at radius 2 is 1.86 bits per heavy atom. The first-order valence-electron chi connectivity index (χ1n) is 4.11. The third-order valence-electron chi connectivity index (χ3n) is 1.30. The van der Waals surface area contributed by atoms with Gasteiger partial charge in [-0.15, -0.1) is 0 Å². The molecule has 0 bridgehead atoms. The van der Waals surface area contributed by atoms with E-state index in [0.29, 0.717) is 5.57 Å². The Balaban J connectivity index is 3.46. The molecule has 82 valence electrons. The van der Waals surface area contributed by atoms with E-state index >= 15 is 0 Å². The second-order valence-corrected chi connectivity index (χ2v) is 4.40. The first-order valence-corrected chi connectivity index (χ1v) is 5.53. The van der Waals surface area contributed by atoms with E-state index in [1.54, 1.807) is 6.92 Å². The molecule has 0 unspecified atom stereocenters. The fraction of sp³-hybridized carbons (Fsp3) is 0.625. The number of esters is 1. The first-order chi connectivity index (χ1) is 6.61. The highest BCUT2D eigenvalue weighted by molar-refractivity contribution is 6.36. The molecule has 0 saturated heterocycles. The van der Waals surface area contributed by atoms with E-state index in [2.05, 4.69) is 6.58 Å². The Hall–Kier alpha value is -0.693. The maximum Gasteiger partial charge on any atom is 0.483 e. The zero-order valence-electron chi connectivity index (χ0n) is 8.74. The van der Waals surface area contributed by atoms with Gasteiger partial charge in [-0.2, -0.15) is 0 Å². The van der Waals surface area contributed by atoms with Crippen LogP contribution in [0, 0.1) is 0 Å². The molecule has 0 aromatic rings. The van der Waals surface area contributed by atoms with Gasteiger partial charge in [-0.1, -0.05) is 6.58 Å². The second-order valence-electron chi connectivity index (χ2n) is 2.55. The lowest BCUT2D eigenvalue weighted by Gasteiger charge is -2.11. The Morgan fingerprint density at radius 1 is 1.29 bits per heavy atom. The van der Waals surface area contributed by atoms with Crippen molar-refractivity contribution < 1.29 is 22.8 Å². The van der Waals surface area contributed by atoms with E-state index in [1.165, 1.54) is 14.2 Å². The minimum atomic E-state index is -1.99. The summed E-state index contributed by atoms with van der Waals surface area (Å²) in [5.74, 6) is -0.415. The van der Waals surface area contributed by atoms with Gasteiger partial charge < -0.3 is 18.0 Å². The lowest BCUT2D eigenvalue weighted by atomic mass is 10.4. The van der Waals surface area contributed by atoms with Crippen LogP contribution in [0.15, 0.2) is 12.2 Å². The fourth-order valence-electron chi connectivity index (χ4n) is 0.634. The smallest absolute Gasteiger partial charge is 0.460 e. The van der Waals surface area contributed by atoms with Gasteiger partial charge in [0.1, 0.15) is 6.61 Å². The van der Waals surface area contributed by atoms with Crippen molar-refractivity contribution in [2.75, 3.05) is 27.4 Å². The van der Waals surface area contributed by atoms with E-state index in [1.807, 2.05) is 0 Å². The zero-order valence-corrected chi connectivity index (χ0v) is 9.89. The van der Waals surface area contributed by atoms with Crippen molar-refractivity contribution in [2.45, 2.75) is 6.92 Å². The second kappa shape index (κ2) is 7.69. The summed E-state index contributed by atoms with van der Waals surface area (Å²) >= 11 is 0. The van der Waals surface area contributed by atoms with Crippen LogP contribution >= 0.6 is 0 Å². The standard InChI is InChI=1S/C8H16O5Si/c1-7(2)8(9)12-5-6-13-14(10-3)11-4/h14H,1,5-6H2,2-4H3. The van der Waals surface area contributed by atoms with E-state index in [4.69, 9.17) is 18.0 Å². The number of hydrogen-bond donors (Lipinski definition) is 0. The largest absolute Gasteiger partial charge is 0.483 e. The summed E-state index contributed by atoms with van der Waals surface area (Å²) in [5, 5.41) is 0. The van der Waals surface area contributed by atoms with Crippen molar-refractivity contribution >= 4 is 15.5 Å². The highest BCUT2D eigenvalue weighted by Crippen LogP contribution is 1.93. The number of hydrogen-bond acceptors (Lipinski definition) is 5. The predicted octanol–water partition coefficient (Wildman–Crippen LogP) is 0.132. The minimum absolute atomic E-state index is 0.182. The molecule has 0 radical (unpaired) electrons. The van der Waals surface area contributed by atoms with Gasteiger partial charge in [-0.25, -0.2) is 4.79 Å². The van der Waals surface area contributed by atoms with Gasteiger partial charge in [0.25, 0.3) is 0 Å². The van der Waals surface area contributed by atoms with Crippen molar-refractivity contribution in [3.8, 4) is 0 Å². The van der Waals surface area contributed by atoms with Crippen LogP contribution < -0.4 is 0 Å². The van der Waals surface area contributed by atoms with Crippen LogP contribution in [0.4, 0.5) is 0 Å². The Kier molecular flexibility index (Phi) is 7.31. The topological polar surface area (TPSA) is 54.0 Å². The zero-order chi connectivity index (χ0) is 11.0. The molecular formula is C8H16O5Si. The van der Waals surface area contributed by atoms with Crippen LogP contribution in [0.5, 0.6) is 0 Å². The van der Waals surface area contributed by atoms with E-state index in [-0.39, 0.29) is 13.2 Å². The predicted molar refractivity (Wildman–Crippen MR) is 52.9 cm³/mol. The first kappa shape index (κ1) is 13.3. The molecule has 0 saturated carbocycles. The molecule has 0 aromatic carbocycles. The van der Waals surface area contributed by atoms with Crippen molar-refractivity contribution in [1.29, 1.82) is 0 Å². The van der Waals surface area contributed by atoms with Crippen molar-refractivity contribution in [2.24, 2.45) is 0 Å². The molecular weight excluding hydrogens is 204 g/mol. The van der Waals surface area contributed by atoms with Gasteiger partial charge in [0.15, 0.2) is 0 Å². The summed E-state index contributed by atoms with van der Waals surface area (Å²) in [7, 11) is 1.03. The fourth-order valence-corrected chi connectivity index (χ4v) is 1.39. The van der Waals surface area contributed by atoms with Crippen LogP contribution in [0.2, 0.25) is 0 Å². The molecule has 5 nitrogen and oxygen atoms in total. The molecule has 6 heteroatoms. The lowest BCUT2D eigenvalue weighted by molar-refractivity contribution is -0.139. The molecule has 0 aliphatic rings. The number of carbonyl (C=O) groups is 1. The van der Waals surface area contributed by atoms with Gasteiger partial charge >= 0.3 is 15.5 Å². The monoisotopic (exact) mass is 220 g/mol. The van der Waals surface area contributed by atoms with Crippen LogP contribution in [-0.4, -0.2) is 42.9 Å². The average molecular weight is 220 g/mol. The van der Waals surface area contributed by atoms with Crippen LogP contribution in [-0.2, 0) is 22.8 Å². The Labute approximate surface area is 85.6 Å². The van der Waals surface area contributed by atoms with Gasteiger partial charge in [-0.3, -0.25) is 0 Å². The minimum Gasteiger partial charge on any atom is -0.460 e. The molecule has 14 heavy (non-hydrogen) atoms. The Morgan fingerprint density at radius 3 is 2.29 bits per heavy atom. The van der Waals surface area contributed by atoms with E-state index in [9.17, 15) is 4.79 Å². The van der Waals surface area contributed by atoms with Gasteiger partial charge in [0, 0.05) is 19.8 Å². The summed E-state index contributed by atoms with van der Waals surface area (Å²) in [5.41, 5.74) is 0.372. The van der Waals surface area contributed by atoms with Crippen LogP contribution in [0.25, 0.3) is 0 Å². The molecule has 0 heterocycles. The van der Waals surface area contributed by atoms with Crippen LogP contribution in [0.1, 0.15) is 6.92 Å². The van der Waals surface area contributed by atoms with Gasteiger partial charge in [-0.05, 0) is 6.92 Å². The molecule has 0 aromatic heterocycles. The summed E-state index contributed by atoms with van der Waals surface area (Å²) in [4.78, 5) is 10.9.